The molecule has 0 spiro atoms. The van der Waals surface area contributed by atoms with Crippen LogP contribution in [0.2, 0.25) is 0 Å². The largest absolute Gasteiger partial charge is 0.390 e. The molecule has 1 aromatic rings. The van der Waals surface area contributed by atoms with Crippen molar-refractivity contribution in [3.63, 3.8) is 0 Å². The second-order valence-corrected chi connectivity index (χ2v) is 9.88. The van der Waals surface area contributed by atoms with Gasteiger partial charge in [-0.2, -0.15) is 5.10 Å². The van der Waals surface area contributed by atoms with Crippen LogP contribution in [-0.4, -0.2) is 56.7 Å². The molecule has 182 valence electrons. The predicted molar refractivity (Wildman–Crippen MR) is 127 cm³/mol. The zero-order chi connectivity index (χ0) is 23.8. The standard InChI is InChI=1S/C25H44N4O3/c1-7-8-9-20-10-11-22(30)24(25(32)17(2)3)26-23(31)13-15-29(14-12-20)16-21-18(4)27-28(6)19(21)5/h17,20,24-25,32H,7-16H2,1-6H3,(H,26,31)/t20?,24-,25+/m0/s1. The fraction of sp³-hybridized carbons (Fsp3) is 0.800. The van der Waals surface area contributed by atoms with Gasteiger partial charge in [-0.3, -0.25) is 19.2 Å². The van der Waals surface area contributed by atoms with Gasteiger partial charge in [0.1, 0.15) is 6.04 Å². The Morgan fingerprint density at radius 3 is 2.47 bits per heavy atom. The second kappa shape index (κ2) is 12.5. The van der Waals surface area contributed by atoms with E-state index in [2.05, 4.69) is 29.2 Å². The van der Waals surface area contributed by atoms with Crippen LogP contribution in [0.15, 0.2) is 0 Å². The lowest BCUT2D eigenvalue weighted by Gasteiger charge is -2.29. The van der Waals surface area contributed by atoms with Gasteiger partial charge in [0.2, 0.25) is 5.91 Å². The van der Waals surface area contributed by atoms with Crippen LogP contribution in [0.4, 0.5) is 0 Å². The zero-order valence-corrected chi connectivity index (χ0v) is 21.0. The van der Waals surface area contributed by atoms with E-state index in [0.29, 0.717) is 25.3 Å². The van der Waals surface area contributed by atoms with Gasteiger partial charge < -0.3 is 10.4 Å². The molecule has 0 aliphatic carbocycles. The molecule has 1 aliphatic heterocycles. The van der Waals surface area contributed by atoms with E-state index >= 15 is 0 Å². The van der Waals surface area contributed by atoms with E-state index in [1.54, 1.807) is 0 Å². The first-order chi connectivity index (χ1) is 15.1. The van der Waals surface area contributed by atoms with Crippen LogP contribution >= 0.6 is 0 Å². The minimum absolute atomic E-state index is 0.0416. The maximum absolute atomic E-state index is 12.9. The molecule has 7 heteroatoms. The van der Waals surface area contributed by atoms with Crippen LogP contribution in [0.3, 0.4) is 0 Å². The summed E-state index contributed by atoms with van der Waals surface area (Å²) < 4.78 is 1.92. The topological polar surface area (TPSA) is 87.5 Å². The van der Waals surface area contributed by atoms with E-state index in [9.17, 15) is 14.7 Å². The summed E-state index contributed by atoms with van der Waals surface area (Å²) in [6.45, 7) is 12.4. The molecule has 1 aromatic heterocycles. The van der Waals surface area contributed by atoms with Gasteiger partial charge in [0, 0.05) is 44.2 Å². The Bertz CT molecular complexity index is 759. The summed E-state index contributed by atoms with van der Waals surface area (Å²) >= 11 is 0. The molecule has 1 fully saturated rings. The first kappa shape index (κ1) is 26.5. The maximum atomic E-state index is 12.9. The molecule has 0 saturated carbocycles. The average Bonchev–Trinajstić information content (AvgIpc) is 2.98. The summed E-state index contributed by atoms with van der Waals surface area (Å²) in [6, 6.07) is -0.815. The monoisotopic (exact) mass is 448 g/mol. The van der Waals surface area contributed by atoms with Crippen LogP contribution in [0.1, 0.15) is 82.7 Å². The molecular weight excluding hydrogens is 404 g/mol. The van der Waals surface area contributed by atoms with Crippen molar-refractivity contribution in [3.05, 3.63) is 17.0 Å². The Morgan fingerprint density at radius 2 is 1.88 bits per heavy atom. The minimum atomic E-state index is -0.861. The smallest absolute Gasteiger partial charge is 0.221 e. The van der Waals surface area contributed by atoms with Gasteiger partial charge in [0.15, 0.2) is 5.78 Å². The molecule has 1 aliphatic rings. The summed E-state index contributed by atoms with van der Waals surface area (Å²) in [5.74, 6) is 0.168. The zero-order valence-electron chi connectivity index (χ0n) is 21.0. The molecule has 7 nitrogen and oxygen atoms in total. The van der Waals surface area contributed by atoms with Crippen molar-refractivity contribution in [2.45, 2.75) is 98.3 Å². The molecular formula is C25H44N4O3. The van der Waals surface area contributed by atoms with E-state index in [-0.39, 0.29) is 17.6 Å². The fourth-order valence-electron chi connectivity index (χ4n) is 4.58. The van der Waals surface area contributed by atoms with Crippen LogP contribution in [0.25, 0.3) is 0 Å². The molecule has 0 radical (unpaired) electrons. The number of ketones is 1. The minimum Gasteiger partial charge on any atom is -0.390 e. The van der Waals surface area contributed by atoms with Crippen LogP contribution < -0.4 is 5.32 Å². The highest BCUT2D eigenvalue weighted by molar-refractivity contribution is 5.89. The van der Waals surface area contributed by atoms with E-state index < -0.39 is 12.1 Å². The van der Waals surface area contributed by atoms with Gasteiger partial charge in [-0.05, 0) is 45.1 Å². The quantitative estimate of drug-likeness (QED) is 0.668. The third-order valence-corrected chi connectivity index (χ3v) is 7.00. The van der Waals surface area contributed by atoms with Crippen molar-refractivity contribution in [1.29, 1.82) is 0 Å². The van der Waals surface area contributed by atoms with E-state index in [0.717, 1.165) is 56.6 Å². The van der Waals surface area contributed by atoms with Gasteiger partial charge in [-0.25, -0.2) is 0 Å². The highest BCUT2D eigenvalue weighted by Crippen LogP contribution is 2.23. The highest BCUT2D eigenvalue weighted by Gasteiger charge is 2.31. The summed E-state index contributed by atoms with van der Waals surface area (Å²) in [5.41, 5.74) is 3.42. The number of aryl methyl sites for hydroxylation is 2. The van der Waals surface area contributed by atoms with Crippen molar-refractivity contribution in [1.82, 2.24) is 20.0 Å². The Labute approximate surface area is 193 Å². The highest BCUT2D eigenvalue weighted by atomic mass is 16.3. The molecule has 3 atom stereocenters. The molecule has 1 amide bonds. The lowest BCUT2D eigenvalue weighted by atomic mass is 9.88. The van der Waals surface area contributed by atoms with Crippen LogP contribution in [-0.2, 0) is 23.2 Å². The van der Waals surface area contributed by atoms with Gasteiger partial charge in [0.05, 0.1) is 11.8 Å². The average molecular weight is 449 g/mol. The van der Waals surface area contributed by atoms with Crippen LogP contribution in [0, 0.1) is 25.7 Å². The lowest BCUT2D eigenvalue weighted by Crippen LogP contribution is -2.51. The first-order valence-corrected chi connectivity index (χ1v) is 12.4. The second-order valence-electron chi connectivity index (χ2n) is 9.88. The van der Waals surface area contributed by atoms with Crippen molar-refractivity contribution in [2.24, 2.45) is 18.9 Å². The first-order valence-electron chi connectivity index (χ1n) is 12.4. The van der Waals surface area contributed by atoms with Gasteiger partial charge in [-0.15, -0.1) is 0 Å². The number of amides is 1. The van der Waals surface area contributed by atoms with Crippen molar-refractivity contribution < 1.29 is 14.7 Å². The molecule has 0 bridgehead atoms. The van der Waals surface area contributed by atoms with Crippen molar-refractivity contribution in [3.8, 4) is 0 Å². The Balaban J connectivity index is 2.21. The number of aliphatic hydroxyl groups excluding tert-OH is 1. The van der Waals surface area contributed by atoms with Crippen molar-refractivity contribution >= 4 is 11.7 Å². The summed E-state index contributed by atoms with van der Waals surface area (Å²) in [4.78, 5) is 28.0. The number of nitrogens with zero attached hydrogens (tertiary/aromatic N) is 3. The summed E-state index contributed by atoms with van der Waals surface area (Å²) in [6.07, 6.45) is 5.12. The maximum Gasteiger partial charge on any atom is 0.221 e. The molecule has 1 saturated heterocycles. The third-order valence-electron chi connectivity index (χ3n) is 7.00. The molecule has 2 rings (SSSR count). The van der Waals surface area contributed by atoms with Crippen molar-refractivity contribution in [2.75, 3.05) is 13.1 Å². The Morgan fingerprint density at radius 1 is 1.16 bits per heavy atom. The van der Waals surface area contributed by atoms with E-state index in [1.807, 2.05) is 32.5 Å². The Hall–Kier alpha value is -1.73. The number of rotatable bonds is 7. The Kier molecular flexibility index (Phi) is 10.4. The normalized spacial score (nSPS) is 23.0. The molecule has 2 N–H and O–H groups in total. The molecule has 0 aromatic carbocycles. The number of aliphatic hydroxyl groups is 1. The van der Waals surface area contributed by atoms with Gasteiger partial charge in [0.25, 0.3) is 0 Å². The molecule has 1 unspecified atom stereocenters. The van der Waals surface area contributed by atoms with Gasteiger partial charge >= 0.3 is 0 Å². The number of nitrogens with one attached hydrogen (secondary N) is 1. The number of hydrogen-bond acceptors (Lipinski definition) is 5. The third kappa shape index (κ3) is 7.41. The fourth-order valence-corrected chi connectivity index (χ4v) is 4.58. The van der Waals surface area contributed by atoms with Crippen LogP contribution in [0.5, 0.6) is 0 Å². The van der Waals surface area contributed by atoms with E-state index in [4.69, 9.17) is 0 Å². The molecule has 32 heavy (non-hydrogen) atoms. The van der Waals surface area contributed by atoms with Gasteiger partial charge in [-0.1, -0.05) is 40.0 Å². The number of hydrogen-bond donors (Lipinski definition) is 2. The summed E-state index contributed by atoms with van der Waals surface area (Å²) in [7, 11) is 1.97. The number of aromatic nitrogens is 2. The summed E-state index contributed by atoms with van der Waals surface area (Å²) in [5, 5.41) is 18.0. The number of Topliss-reactive ketones (excluding diaryl/α,β-unsaturated/α-hetero) is 1. The predicted octanol–water partition coefficient (Wildman–Crippen LogP) is 3.29. The number of carbonyl (C=O) groups is 2. The molecule has 2 heterocycles. The lowest BCUT2D eigenvalue weighted by molar-refractivity contribution is -0.131. The number of carbonyl (C=O) groups excluding carboxylic acids is 2. The SMILES string of the molecule is CCCCC1CCC(=O)[C@@H]([C@H](O)C(C)C)NC(=O)CCN(Cc2c(C)nn(C)c2C)CC1. The number of unbranched alkanes of at least 4 members (excludes halogenated alkanes) is 1. The van der Waals surface area contributed by atoms with E-state index in [1.165, 1.54) is 5.56 Å².